The Hall–Kier alpha value is -1.81. The Labute approximate surface area is 108 Å². The van der Waals surface area contributed by atoms with Crippen LogP contribution in [0.15, 0.2) is 42.7 Å². The summed E-state index contributed by atoms with van der Waals surface area (Å²) in [6.45, 7) is 2.56. The normalized spacial score (nSPS) is 10.6. The van der Waals surface area contributed by atoms with E-state index in [1.165, 1.54) is 11.3 Å². The maximum Gasteiger partial charge on any atom is 0.0539 e. The fraction of sp³-hybridized carbons (Fsp3) is 0.357. The third kappa shape index (κ3) is 3.34. The molecule has 4 nitrogen and oxygen atoms in total. The summed E-state index contributed by atoms with van der Waals surface area (Å²) < 4.78 is 1.83. The second-order valence-electron chi connectivity index (χ2n) is 4.42. The molecule has 4 heteroatoms. The van der Waals surface area contributed by atoms with Gasteiger partial charge < -0.3 is 10.6 Å². The molecule has 2 rings (SSSR count). The molecule has 0 spiro atoms. The molecule has 0 aliphatic carbocycles. The topological polar surface area (TPSA) is 47.1 Å². The summed E-state index contributed by atoms with van der Waals surface area (Å²) in [5.74, 6) is 0. The highest BCUT2D eigenvalue weighted by molar-refractivity contribution is 5.46. The second-order valence-corrected chi connectivity index (χ2v) is 4.42. The smallest absolute Gasteiger partial charge is 0.0539 e. The average molecular weight is 244 g/mol. The van der Waals surface area contributed by atoms with Gasteiger partial charge in [0.1, 0.15) is 0 Å². The number of para-hydroxylation sites is 1. The van der Waals surface area contributed by atoms with Crippen LogP contribution in [0.2, 0.25) is 0 Å². The van der Waals surface area contributed by atoms with Crippen molar-refractivity contribution in [2.45, 2.75) is 13.0 Å². The van der Waals surface area contributed by atoms with E-state index in [2.05, 4.69) is 40.5 Å². The molecule has 0 saturated carbocycles. The van der Waals surface area contributed by atoms with Crippen molar-refractivity contribution in [2.75, 3.05) is 18.0 Å². The summed E-state index contributed by atoms with van der Waals surface area (Å²) in [5, 5.41) is 4.21. The number of aromatic nitrogens is 2. The van der Waals surface area contributed by atoms with Crippen LogP contribution in [0.25, 0.3) is 0 Å². The number of benzene rings is 1. The summed E-state index contributed by atoms with van der Waals surface area (Å²) >= 11 is 0. The van der Waals surface area contributed by atoms with Crippen LogP contribution in [0.4, 0.5) is 5.69 Å². The molecule has 0 radical (unpaired) electrons. The molecule has 2 aromatic rings. The molecule has 1 aromatic heterocycles. The van der Waals surface area contributed by atoms with E-state index in [1.54, 1.807) is 0 Å². The largest absolute Gasteiger partial charge is 0.367 e. The lowest BCUT2D eigenvalue weighted by Crippen LogP contribution is -2.25. The van der Waals surface area contributed by atoms with Crippen LogP contribution in [-0.4, -0.2) is 22.9 Å². The number of hydrogen-bond donors (Lipinski definition) is 1. The first-order valence-corrected chi connectivity index (χ1v) is 6.27. The van der Waals surface area contributed by atoms with Gasteiger partial charge in [0.25, 0.3) is 0 Å². The number of nitrogens with zero attached hydrogens (tertiary/aromatic N) is 3. The molecule has 0 atom stereocenters. The molecular formula is C14H20N4. The lowest BCUT2D eigenvalue weighted by molar-refractivity contribution is 0.733. The lowest BCUT2D eigenvalue weighted by Gasteiger charge is -2.24. The predicted molar refractivity (Wildman–Crippen MR) is 74.4 cm³/mol. The Bertz CT molecular complexity index is 464. The van der Waals surface area contributed by atoms with Gasteiger partial charge in [0.15, 0.2) is 0 Å². The third-order valence-corrected chi connectivity index (χ3v) is 2.89. The molecule has 0 fully saturated rings. The van der Waals surface area contributed by atoms with Gasteiger partial charge in [-0.1, -0.05) is 18.2 Å². The van der Waals surface area contributed by atoms with Crippen molar-refractivity contribution in [1.82, 2.24) is 9.78 Å². The third-order valence-electron chi connectivity index (χ3n) is 2.89. The SMILES string of the molecule is Cn1cc(CN(CCCN)c2ccccc2)cn1. The van der Waals surface area contributed by atoms with Crippen LogP contribution < -0.4 is 10.6 Å². The summed E-state index contributed by atoms with van der Waals surface area (Å²) in [6, 6.07) is 10.4. The van der Waals surface area contributed by atoms with E-state index in [0.717, 1.165) is 26.1 Å². The zero-order chi connectivity index (χ0) is 12.8. The van der Waals surface area contributed by atoms with Gasteiger partial charge >= 0.3 is 0 Å². The van der Waals surface area contributed by atoms with Crippen molar-refractivity contribution in [3.05, 3.63) is 48.3 Å². The number of rotatable bonds is 6. The fourth-order valence-corrected chi connectivity index (χ4v) is 1.99. The van der Waals surface area contributed by atoms with E-state index in [-0.39, 0.29) is 0 Å². The van der Waals surface area contributed by atoms with Crippen LogP contribution in [0.3, 0.4) is 0 Å². The summed E-state index contributed by atoms with van der Waals surface area (Å²) in [7, 11) is 1.94. The monoisotopic (exact) mass is 244 g/mol. The maximum absolute atomic E-state index is 5.61. The summed E-state index contributed by atoms with van der Waals surface area (Å²) in [6.07, 6.45) is 4.96. The van der Waals surface area contributed by atoms with E-state index in [0.29, 0.717) is 0 Å². The van der Waals surface area contributed by atoms with Crippen LogP contribution in [0.5, 0.6) is 0 Å². The Morgan fingerprint density at radius 2 is 2.06 bits per heavy atom. The number of hydrogen-bond acceptors (Lipinski definition) is 3. The van der Waals surface area contributed by atoms with Crippen molar-refractivity contribution in [3.63, 3.8) is 0 Å². The van der Waals surface area contributed by atoms with Crippen molar-refractivity contribution >= 4 is 5.69 Å². The van der Waals surface area contributed by atoms with Crippen molar-refractivity contribution < 1.29 is 0 Å². The minimum Gasteiger partial charge on any atom is -0.367 e. The quantitative estimate of drug-likeness (QED) is 0.842. The molecule has 0 aliphatic heterocycles. The molecule has 1 aromatic carbocycles. The van der Waals surface area contributed by atoms with E-state index in [4.69, 9.17) is 5.73 Å². The van der Waals surface area contributed by atoms with Gasteiger partial charge in [0, 0.05) is 37.6 Å². The van der Waals surface area contributed by atoms with Gasteiger partial charge in [-0.2, -0.15) is 5.10 Å². The molecule has 2 N–H and O–H groups in total. The van der Waals surface area contributed by atoms with Crippen molar-refractivity contribution in [1.29, 1.82) is 0 Å². The van der Waals surface area contributed by atoms with Crippen LogP contribution in [-0.2, 0) is 13.6 Å². The average Bonchev–Trinajstić information content (AvgIpc) is 2.81. The minimum absolute atomic E-state index is 0.719. The van der Waals surface area contributed by atoms with Gasteiger partial charge in [-0.25, -0.2) is 0 Å². The molecule has 0 aliphatic rings. The van der Waals surface area contributed by atoms with Crippen LogP contribution in [0.1, 0.15) is 12.0 Å². The second kappa shape index (κ2) is 6.21. The zero-order valence-electron chi connectivity index (χ0n) is 10.8. The molecule has 96 valence electrons. The van der Waals surface area contributed by atoms with Crippen molar-refractivity contribution in [2.24, 2.45) is 12.8 Å². The van der Waals surface area contributed by atoms with Gasteiger partial charge in [-0.05, 0) is 25.1 Å². The number of nitrogens with two attached hydrogens (primary N) is 1. The van der Waals surface area contributed by atoms with E-state index >= 15 is 0 Å². The molecule has 1 heterocycles. The van der Waals surface area contributed by atoms with Gasteiger partial charge in [-0.3, -0.25) is 4.68 Å². The minimum atomic E-state index is 0.719. The highest BCUT2D eigenvalue weighted by atomic mass is 15.2. The van der Waals surface area contributed by atoms with E-state index in [1.807, 2.05) is 24.0 Å². The Morgan fingerprint density at radius 3 is 2.67 bits per heavy atom. The Balaban J connectivity index is 2.10. The standard InChI is InChI=1S/C14H20N4/c1-17-11-13(10-16-17)12-18(9-5-8-15)14-6-3-2-4-7-14/h2-4,6-7,10-11H,5,8-9,12,15H2,1H3. The molecule has 0 bridgehead atoms. The first-order valence-electron chi connectivity index (χ1n) is 6.27. The number of anilines is 1. The van der Waals surface area contributed by atoms with Crippen LogP contribution >= 0.6 is 0 Å². The van der Waals surface area contributed by atoms with Gasteiger partial charge in [0.05, 0.1) is 6.20 Å². The van der Waals surface area contributed by atoms with E-state index in [9.17, 15) is 0 Å². The van der Waals surface area contributed by atoms with Gasteiger partial charge in [0.2, 0.25) is 0 Å². The Kier molecular flexibility index (Phi) is 4.36. The number of aryl methyl sites for hydroxylation is 1. The zero-order valence-corrected chi connectivity index (χ0v) is 10.8. The summed E-state index contributed by atoms with van der Waals surface area (Å²) in [5.41, 5.74) is 8.06. The molecule has 0 saturated heterocycles. The predicted octanol–water partition coefficient (Wildman–Crippen LogP) is 1.78. The first kappa shape index (κ1) is 12.6. The van der Waals surface area contributed by atoms with Gasteiger partial charge in [-0.15, -0.1) is 0 Å². The maximum atomic E-state index is 5.61. The van der Waals surface area contributed by atoms with E-state index < -0.39 is 0 Å². The molecule has 18 heavy (non-hydrogen) atoms. The molecular weight excluding hydrogens is 224 g/mol. The van der Waals surface area contributed by atoms with Crippen molar-refractivity contribution in [3.8, 4) is 0 Å². The molecule has 0 unspecified atom stereocenters. The van der Waals surface area contributed by atoms with Crippen LogP contribution in [0, 0.1) is 0 Å². The summed E-state index contributed by atoms with van der Waals surface area (Å²) in [4.78, 5) is 2.34. The Morgan fingerprint density at radius 1 is 1.28 bits per heavy atom. The lowest BCUT2D eigenvalue weighted by atomic mass is 10.2. The highest BCUT2D eigenvalue weighted by Gasteiger charge is 2.07. The highest BCUT2D eigenvalue weighted by Crippen LogP contribution is 2.16. The fourth-order valence-electron chi connectivity index (χ4n) is 1.99. The first-order chi connectivity index (χ1) is 8.79. The molecule has 0 amide bonds.